The van der Waals surface area contributed by atoms with Crippen molar-refractivity contribution < 1.29 is 4.39 Å². The average molecular weight is 275 g/mol. The van der Waals surface area contributed by atoms with Crippen LogP contribution < -0.4 is 5.32 Å². The number of piperidine rings is 1. The molecule has 1 fully saturated rings. The highest BCUT2D eigenvalue weighted by Crippen LogP contribution is 2.35. The fourth-order valence-corrected chi connectivity index (χ4v) is 2.33. The summed E-state index contributed by atoms with van der Waals surface area (Å²) in [4.78, 5) is 0. The minimum Gasteiger partial charge on any atom is -0.317 e. The molecule has 0 radical (unpaired) electrons. The molecule has 1 heterocycles. The first-order valence-electron chi connectivity index (χ1n) is 5.25. The van der Waals surface area contributed by atoms with Crippen LogP contribution in [0.5, 0.6) is 0 Å². The summed E-state index contributed by atoms with van der Waals surface area (Å²) >= 11 is 5.71. The number of nitriles is 1. The standard InChI is InChI=1S/C12H12ClFN2.ClH/c13-9-1-2-10(11(14)7-9)12(8-15)3-5-16-6-4-12;/h1-2,7,16H,3-6H2;1H. The first-order valence-corrected chi connectivity index (χ1v) is 5.63. The van der Waals surface area contributed by atoms with Crippen LogP contribution in [0.4, 0.5) is 4.39 Å². The van der Waals surface area contributed by atoms with Crippen molar-refractivity contribution >= 4 is 24.0 Å². The van der Waals surface area contributed by atoms with Gasteiger partial charge in [0, 0.05) is 10.6 Å². The third-order valence-electron chi connectivity index (χ3n) is 3.12. The van der Waals surface area contributed by atoms with Crippen molar-refractivity contribution in [2.24, 2.45) is 0 Å². The maximum Gasteiger partial charge on any atom is 0.129 e. The molecule has 1 aromatic carbocycles. The fraction of sp³-hybridized carbons (Fsp3) is 0.417. The molecule has 1 aliphatic heterocycles. The Labute approximate surface area is 111 Å². The minimum absolute atomic E-state index is 0. The Balaban J connectivity index is 0.00000144. The van der Waals surface area contributed by atoms with E-state index in [0.29, 0.717) is 23.4 Å². The van der Waals surface area contributed by atoms with E-state index in [1.54, 1.807) is 12.1 Å². The van der Waals surface area contributed by atoms with Crippen LogP contribution in [0.1, 0.15) is 18.4 Å². The van der Waals surface area contributed by atoms with Gasteiger partial charge in [0.2, 0.25) is 0 Å². The molecule has 0 spiro atoms. The summed E-state index contributed by atoms with van der Waals surface area (Å²) in [5, 5.41) is 12.9. The maximum absolute atomic E-state index is 13.8. The van der Waals surface area contributed by atoms with Gasteiger partial charge in [-0.05, 0) is 38.1 Å². The van der Waals surface area contributed by atoms with E-state index in [-0.39, 0.29) is 18.2 Å². The van der Waals surface area contributed by atoms with E-state index in [4.69, 9.17) is 11.6 Å². The molecule has 92 valence electrons. The average Bonchev–Trinajstić information content (AvgIpc) is 2.30. The molecule has 0 bridgehead atoms. The van der Waals surface area contributed by atoms with Gasteiger partial charge in [0.1, 0.15) is 5.82 Å². The van der Waals surface area contributed by atoms with Crippen molar-refractivity contribution in [3.8, 4) is 6.07 Å². The van der Waals surface area contributed by atoms with Crippen LogP contribution in [0.25, 0.3) is 0 Å². The van der Waals surface area contributed by atoms with Crippen molar-refractivity contribution in [3.05, 3.63) is 34.6 Å². The maximum atomic E-state index is 13.8. The van der Waals surface area contributed by atoms with Gasteiger partial charge >= 0.3 is 0 Å². The topological polar surface area (TPSA) is 35.8 Å². The van der Waals surface area contributed by atoms with Crippen LogP contribution in [-0.4, -0.2) is 13.1 Å². The number of hydrogen-bond donors (Lipinski definition) is 1. The van der Waals surface area contributed by atoms with E-state index >= 15 is 0 Å². The van der Waals surface area contributed by atoms with E-state index in [2.05, 4.69) is 11.4 Å². The monoisotopic (exact) mass is 274 g/mol. The lowest BCUT2D eigenvalue weighted by atomic mass is 9.74. The molecule has 0 atom stereocenters. The highest BCUT2D eigenvalue weighted by molar-refractivity contribution is 6.30. The number of nitrogens with zero attached hydrogens (tertiary/aromatic N) is 1. The summed E-state index contributed by atoms with van der Waals surface area (Å²) < 4.78 is 13.8. The normalized spacial score (nSPS) is 17.9. The molecule has 1 N–H and O–H groups in total. The fourth-order valence-electron chi connectivity index (χ4n) is 2.17. The molecule has 2 rings (SSSR count). The van der Waals surface area contributed by atoms with Gasteiger partial charge in [0.15, 0.2) is 0 Å². The molecular formula is C12H13Cl2FN2. The van der Waals surface area contributed by atoms with Crippen LogP contribution in [-0.2, 0) is 5.41 Å². The highest BCUT2D eigenvalue weighted by atomic mass is 35.5. The van der Waals surface area contributed by atoms with Crippen LogP contribution in [0, 0.1) is 17.1 Å². The Morgan fingerprint density at radius 1 is 1.35 bits per heavy atom. The van der Waals surface area contributed by atoms with E-state index in [9.17, 15) is 9.65 Å². The second-order valence-electron chi connectivity index (χ2n) is 4.07. The Morgan fingerprint density at radius 2 is 2.00 bits per heavy atom. The summed E-state index contributed by atoms with van der Waals surface area (Å²) in [6, 6.07) is 6.82. The largest absolute Gasteiger partial charge is 0.317 e. The molecule has 0 saturated carbocycles. The molecule has 2 nitrogen and oxygen atoms in total. The lowest BCUT2D eigenvalue weighted by Gasteiger charge is -2.31. The summed E-state index contributed by atoms with van der Waals surface area (Å²) in [6.45, 7) is 1.49. The molecule has 0 unspecified atom stereocenters. The van der Waals surface area contributed by atoms with Crippen molar-refractivity contribution in [1.29, 1.82) is 5.26 Å². The van der Waals surface area contributed by atoms with Gasteiger partial charge in [-0.15, -0.1) is 12.4 Å². The molecule has 0 aliphatic carbocycles. The number of rotatable bonds is 1. The van der Waals surface area contributed by atoms with Gasteiger partial charge in [-0.1, -0.05) is 17.7 Å². The number of halogens is 3. The van der Waals surface area contributed by atoms with Crippen LogP contribution >= 0.6 is 24.0 Å². The van der Waals surface area contributed by atoms with Crippen LogP contribution in [0.3, 0.4) is 0 Å². The summed E-state index contributed by atoms with van der Waals surface area (Å²) in [5.74, 6) is -0.379. The summed E-state index contributed by atoms with van der Waals surface area (Å²) in [5.41, 5.74) is -0.221. The van der Waals surface area contributed by atoms with Gasteiger partial charge in [-0.2, -0.15) is 5.26 Å². The Hall–Kier alpha value is -0.820. The molecule has 0 amide bonds. The van der Waals surface area contributed by atoms with E-state index in [0.717, 1.165) is 13.1 Å². The zero-order valence-electron chi connectivity index (χ0n) is 9.17. The van der Waals surface area contributed by atoms with Gasteiger partial charge in [0.25, 0.3) is 0 Å². The molecule has 1 aliphatic rings. The Kier molecular flexibility index (Phi) is 4.76. The van der Waals surface area contributed by atoms with Gasteiger partial charge < -0.3 is 5.32 Å². The second-order valence-corrected chi connectivity index (χ2v) is 4.50. The van der Waals surface area contributed by atoms with Crippen molar-refractivity contribution in [3.63, 3.8) is 0 Å². The summed E-state index contributed by atoms with van der Waals surface area (Å²) in [6.07, 6.45) is 1.28. The van der Waals surface area contributed by atoms with Gasteiger partial charge in [-0.25, -0.2) is 4.39 Å². The number of hydrogen-bond acceptors (Lipinski definition) is 2. The van der Waals surface area contributed by atoms with E-state index in [1.807, 2.05) is 0 Å². The number of nitrogens with one attached hydrogen (secondary N) is 1. The third-order valence-corrected chi connectivity index (χ3v) is 3.35. The van der Waals surface area contributed by atoms with Crippen LogP contribution in [0.15, 0.2) is 18.2 Å². The smallest absolute Gasteiger partial charge is 0.129 e. The zero-order chi connectivity index (χ0) is 11.6. The molecular weight excluding hydrogens is 262 g/mol. The van der Waals surface area contributed by atoms with E-state index < -0.39 is 5.41 Å². The first-order chi connectivity index (χ1) is 7.68. The van der Waals surface area contributed by atoms with Crippen molar-refractivity contribution in [1.82, 2.24) is 5.32 Å². The molecule has 0 aromatic heterocycles. The highest BCUT2D eigenvalue weighted by Gasteiger charge is 2.36. The lowest BCUT2D eigenvalue weighted by Crippen LogP contribution is -2.39. The Bertz CT molecular complexity index is 437. The van der Waals surface area contributed by atoms with Crippen LogP contribution in [0.2, 0.25) is 5.02 Å². The molecule has 1 saturated heterocycles. The number of benzene rings is 1. The zero-order valence-corrected chi connectivity index (χ0v) is 10.7. The second kappa shape index (κ2) is 5.68. The van der Waals surface area contributed by atoms with E-state index in [1.165, 1.54) is 6.07 Å². The lowest BCUT2D eigenvalue weighted by molar-refractivity contribution is 0.370. The van der Waals surface area contributed by atoms with Gasteiger partial charge in [0.05, 0.1) is 11.5 Å². The van der Waals surface area contributed by atoms with Gasteiger partial charge in [-0.3, -0.25) is 0 Å². The predicted octanol–water partition coefficient (Wildman–Crippen LogP) is 3.05. The molecule has 5 heteroatoms. The van der Waals surface area contributed by atoms with Crippen molar-refractivity contribution in [2.75, 3.05) is 13.1 Å². The van der Waals surface area contributed by atoms with Crippen molar-refractivity contribution in [2.45, 2.75) is 18.3 Å². The summed E-state index contributed by atoms with van der Waals surface area (Å²) in [7, 11) is 0. The molecule has 1 aromatic rings. The third kappa shape index (κ3) is 2.71. The SMILES string of the molecule is Cl.N#CC1(c2ccc(Cl)cc2F)CCNCC1. The first kappa shape index (κ1) is 14.2. The molecule has 17 heavy (non-hydrogen) atoms. The quantitative estimate of drug-likeness (QED) is 0.855. The Morgan fingerprint density at radius 3 is 2.53 bits per heavy atom. The predicted molar refractivity (Wildman–Crippen MR) is 68.1 cm³/mol. The minimum atomic E-state index is -0.695.